The molecule has 1 N–H and O–H groups in total. The predicted octanol–water partition coefficient (Wildman–Crippen LogP) is 4.10. The second-order valence-electron chi connectivity index (χ2n) is 6.25. The van der Waals surface area contributed by atoms with Crippen molar-refractivity contribution in [3.8, 4) is 11.4 Å². The number of methoxy groups -OCH3 is 1. The number of benzene rings is 2. The van der Waals surface area contributed by atoms with Crippen LogP contribution < -0.4 is 10.1 Å². The van der Waals surface area contributed by atoms with Gasteiger partial charge >= 0.3 is 0 Å². The molecule has 2 aromatic carbocycles. The van der Waals surface area contributed by atoms with Crippen LogP contribution in [0.1, 0.15) is 22.1 Å². The maximum atomic E-state index is 13.4. The Hall–Kier alpha value is -2.80. The third-order valence-electron chi connectivity index (χ3n) is 4.50. The molecule has 4 rings (SSSR count). The van der Waals surface area contributed by atoms with Gasteiger partial charge in [-0.25, -0.2) is 9.07 Å². The van der Waals surface area contributed by atoms with E-state index in [0.717, 1.165) is 28.3 Å². The van der Waals surface area contributed by atoms with Crippen molar-refractivity contribution in [3.05, 3.63) is 71.2 Å². The summed E-state index contributed by atoms with van der Waals surface area (Å²) in [5, 5.41) is 7.54. The van der Waals surface area contributed by atoms with Gasteiger partial charge in [0.1, 0.15) is 17.4 Å². The summed E-state index contributed by atoms with van der Waals surface area (Å²) in [5.74, 6) is 1.36. The molecule has 1 atom stereocenters. The number of aromatic nitrogens is 2. The molecule has 0 bridgehead atoms. The Kier molecular flexibility index (Phi) is 4.61. The fourth-order valence-electron chi connectivity index (χ4n) is 3.19. The molecular formula is C20H18FN3O2S. The van der Waals surface area contributed by atoms with Crippen LogP contribution in [0.3, 0.4) is 0 Å². The Morgan fingerprint density at radius 1 is 1.19 bits per heavy atom. The summed E-state index contributed by atoms with van der Waals surface area (Å²) in [6.07, 6.45) is 0. The molecule has 1 aromatic heterocycles. The molecule has 5 nitrogen and oxygen atoms in total. The van der Waals surface area contributed by atoms with Gasteiger partial charge in [0, 0.05) is 5.56 Å². The molecule has 0 saturated heterocycles. The molecule has 7 heteroatoms. The quantitative estimate of drug-likeness (QED) is 0.740. The molecule has 2 heterocycles. The lowest BCUT2D eigenvalue weighted by molar-refractivity contribution is -0.113. The Bertz CT molecular complexity index is 984. The number of anilines is 1. The van der Waals surface area contributed by atoms with Crippen LogP contribution >= 0.6 is 11.8 Å². The molecule has 1 aliphatic heterocycles. The van der Waals surface area contributed by atoms with Crippen LogP contribution in [0.15, 0.2) is 48.5 Å². The zero-order valence-corrected chi connectivity index (χ0v) is 15.7. The molecule has 0 radical (unpaired) electrons. The average Bonchev–Trinajstić information content (AvgIpc) is 2.88. The van der Waals surface area contributed by atoms with E-state index in [9.17, 15) is 9.18 Å². The van der Waals surface area contributed by atoms with Gasteiger partial charge in [-0.2, -0.15) is 5.10 Å². The Labute approximate surface area is 160 Å². The number of aryl methyl sites for hydroxylation is 1. The standard InChI is InChI=1S/C20H18FN3O2S/c1-12-18-19(13-3-5-14(21)6-4-13)27-11-17(25)22-20(18)24(23-12)15-7-9-16(26-2)10-8-15/h3-10,19H,11H2,1-2H3,(H,22,25)/t19-/m1/s1. The van der Waals surface area contributed by atoms with Gasteiger partial charge < -0.3 is 10.1 Å². The maximum absolute atomic E-state index is 13.4. The number of hydrogen-bond donors (Lipinski definition) is 1. The fraction of sp³-hybridized carbons (Fsp3) is 0.200. The van der Waals surface area contributed by atoms with Crippen LogP contribution in [0.5, 0.6) is 5.75 Å². The SMILES string of the molecule is COc1ccc(-n2nc(C)c3c2NC(=O)CS[C@@H]3c2ccc(F)cc2)cc1. The Morgan fingerprint density at radius 2 is 1.89 bits per heavy atom. The first-order chi connectivity index (χ1) is 13.1. The monoisotopic (exact) mass is 383 g/mol. The Morgan fingerprint density at radius 3 is 2.56 bits per heavy atom. The van der Waals surface area contributed by atoms with E-state index in [2.05, 4.69) is 10.4 Å². The minimum Gasteiger partial charge on any atom is -0.497 e. The minimum absolute atomic E-state index is 0.0828. The summed E-state index contributed by atoms with van der Waals surface area (Å²) in [6, 6.07) is 13.9. The molecule has 1 aliphatic rings. The first-order valence-corrected chi connectivity index (χ1v) is 9.52. The van der Waals surface area contributed by atoms with Crippen molar-refractivity contribution >= 4 is 23.5 Å². The van der Waals surface area contributed by atoms with Gasteiger partial charge in [0.15, 0.2) is 0 Å². The lowest BCUT2D eigenvalue weighted by Crippen LogP contribution is -2.15. The molecule has 27 heavy (non-hydrogen) atoms. The van der Waals surface area contributed by atoms with Crippen LogP contribution in [0.2, 0.25) is 0 Å². The van der Waals surface area contributed by atoms with Crippen molar-refractivity contribution in [1.29, 1.82) is 0 Å². The van der Waals surface area contributed by atoms with Gasteiger partial charge in [-0.1, -0.05) is 12.1 Å². The summed E-state index contributed by atoms with van der Waals surface area (Å²) in [4.78, 5) is 12.3. The summed E-state index contributed by atoms with van der Waals surface area (Å²) < 4.78 is 20.3. The van der Waals surface area contributed by atoms with Gasteiger partial charge in [0.2, 0.25) is 5.91 Å². The van der Waals surface area contributed by atoms with E-state index in [1.807, 2.05) is 31.2 Å². The van der Waals surface area contributed by atoms with E-state index >= 15 is 0 Å². The highest BCUT2D eigenvalue weighted by Crippen LogP contribution is 2.43. The average molecular weight is 383 g/mol. The molecular weight excluding hydrogens is 365 g/mol. The predicted molar refractivity (Wildman–Crippen MR) is 104 cm³/mol. The number of halogens is 1. The van der Waals surface area contributed by atoms with Gasteiger partial charge in [-0.3, -0.25) is 4.79 Å². The number of carbonyl (C=O) groups excluding carboxylic acids is 1. The maximum Gasteiger partial charge on any atom is 0.235 e. The molecule has 0 spiro atoms. The first-order valence-electron chi connectivity index (χ1n) is 8.47. The Balaban J connectivity index is 1.84. The lowest BCUT2D eigenvalue weighted by Gasteiger charge is -2.15. The zero-order valence-electron chi connectivity index (χ0n) is 14.9. The number of amides is 1. The highest BCUT2D eigenvalue weighted by Gasteiger charge is 2.30. The second kappa shape index (κ2) is 7.08. The summed E-state index contributed by atoms with van der Waals surface area (Å²) >= 11 is 1.51. The van der Waals surface area contributed by atoms with Crippen LogP contribution in [-0.4, -0.2) is 28.6 Å². The van der Waals surface area contributed by atoms with E-state index < -0.39 is 0 Å². The highest BCUT2D eigenvalue weighted by molar-refractivity contribution is 8.00. The number of hydrogen-bond acceptors (Lipinski definition) is 4. The van der Waals surface area contributed by atoms with Gasteiger partial charge in [-0.15, -0.1) is 11.8 Å². The number of fused-ring (bicyclic) bond motifs is 1. The molecule has 3 aromatic rings. The van der Waals surface area contributed by atoms with Crippen molar-refractivity contribution in [2.75, 3.05) is 18.2 Å². The summed E-state index contributed by atoms with van der Waals surface area (Å²) in [6.45, 7) is 1.92. The van der Waals surface area contributed by atoms with Crippen molar-refractivity contribution in [3.63, 3.8) is 0 Å². The van der Waals surface area contributed by atoms with Gasteiger partial charge in [-0.05, 0) is 48.9 Å². The van der Waals surface area contributed by atoms with Crippen LogP contribution in [0.4, 0.5) is 10.2 Å². The van der Waals surface area contributed by atoms with Gasteiger partial charge in [0.05, 0.1) is 29.5 Å². The molecule has 1 amide bonds. The number of nitrogens with one attached hydrogen (secondary N) is 1. The van der Waals surface area contributed by atoms with E-state index in [1.165, 1.54) is 23.9 Å². The minimum atomic E-state index is -0.280. The van der Waals surface area contributed by atoms with E-state index in [0.29, 0.717) is 11.6 Å². The third kappa shape index (κ3) is 3.30. The van der Waals surface area contributed by atoms with Crippen molar-refractivity contribution < 1.29 is 13.9 Å². The number of carbonyl (C=O) groups is 1. The normalized spacial score (nSPS) is 16.4. The molecule has 0 aliphatic carbocycles. The molecule has 0 fully saturated rings. The van der Waals surface area contributed by atoms with Crippen LogP contribution in [0, 0.1) is 12.7 Å². The van der Waals surface area contributed by atoms with Gasteiger partial charge in [0.25, 0.3) is 0 Å². The largest absolute Gasteiger partial charge is 0.497 e. The number of rotatable bonds is 3. The smallest absolute Gasteiger partial charge is 0.235 e. The van der Waals surface area contributed by atoms with E-state index in [-0.39, 0.29) is 17.0 Å². The van der Waals surface area contributed by atoms with Crippen molar-refractivity contribution in [2.45, 2.75) is 12.2 Å². The summed E-state index contributed by atoms with van der Waals surface area (Å²) in [7, 11) is 1.61. The van der Waals surface area contributed by atoms with Crippen LogP contribution in [-0.2, 0) is 4.79 Å². The van der Waals surface area contributed by atoms with E-state index in [4.69, 9.17) is 4.74 Å². The lowest BCUT2D eigenvalue weighted by atomic mass is 10.0. The number of ether oxygens (including phenoxy) is 1. The first kappa shape index (κ1) is 17.6. The second-order valence-corrected chi connectivity index (χ2v) is 7.34. The third-order valence-corrected chi connectivity index (χ3v) is 5.77. The van der Waals surface area contributed by atoms with Crippen molar-refractivity contribution in [1.82, 2.24) is 9.78 Å². The highest BCUT2D eigenvalue weighted by atomic mass is 32.2. The zero-order chi connectivity index (χ0) is 19.0. The van der Waals surface area contributed by atoms with Crippen LogP contribution in [0.25, 0.3) is 5.69 Å². The molecule has 138 valence electrons. The summed E-state index contributed by atoms with van der Waals surface area (Å²) in [5.41, 5.74) is 3.53. The number of nitrogens with zero attached hydrogens (tertiary/aromatic N) is 2. The van der Waals surface area contributed by atoms with E-state index in [1.54, 1.807) is 23.9 Å². The fourth-order valence-corrected chi connectivity index (χ4v) is 4.38. The molecule has 0 saturated carbocycles. The molecule has 0 unspecified atom stereocenters. The topological polar surface area (TPSA) is 56.1 Å². The number of thioether (sulfide) groups is 1. The van der Waals surface area contributed by atoms with Crippen molar-refractivity contribution in [2.24, 2.45) is 0 Å².